The van der Waals surface area contributed by atoms with Crippen LogP contribution in [0.2, 0.25) is 5.02 Å². The normalized spacial score (nSPS) is 13.4. The lowest BCUT2D eigenvalue weighted by Crippen LogP contribution is -2.18. The van der Waals surface area contributed by atoms with Gasteiger partial charge in [0.1, 0.15) is 0 Å². The second-order valence-electron chi connectivity index (χ2n) is 3.58. The fraction of sp³-hybridized carbons (Fsp3) is 0.300. The third-order valence-corrected chi connectivity index (χ3v) is 4.34. The molecule has 0 saturated heterocycles. The molecule has 0 aliphatic carbocycles. The lowest BCUT2D eigenvalue weighted by molar-refractivity contribution is 0.0696. The quantitative estimate of drug-likeness (QED) is 0.863. The maximum atomic E-state index is 11.8. The summed E-state index contributed by atoms with van der Waals surface area (Å²) >= 11 is 5.72. The van der Waals surface area contributed by atoms with Crippen molar-refractivity contribution in [3.05, 3.63) is 28.8 Å². The van der Waals surface area contributed by atoms with E-state index in [0.29, 0.717) is 0 Å². The maximum absolute atomic E-state index is 11.8. The Hall–Kier alpha value is -1.11. The summed E-state index contributed by atoms with van der Waals surface area (Å²) in [6, 6.07) is 3.41. The number of benzene rings is 1. The molecule has 0 fully saturated rings. The molecule has 1 rings (SSSR count). The third-order valence-electron chi connectivity index (χ3n) is 1.97. The number of aliphatic hydroxyl groups excluding tert-OH is 1. The highest BCUT2D eigenvalue weighted by atomic mass is 35.5. The lowest BCUT2D eigenvalue weighted by atomic mass is 10.2. The number of carboxylic acid groups (broad SMARTS) is 1. The highest BCUT2D eigenvalue weighted by molar-refractivity contribution is 7.91. The molecule has 0 radical (unpaired) electrons. The van der Waals surface area contributed by atoms with Gasteiger partial charge in [0, 0.05) is 0 Å². The monoisotopic (exact) mass is 278 g/mol. The summed E-state index contributed by atoms with van der Waals surface area (Å²) in [7, 11) is -3.79. The first kappa shape index (κ1) is 14.0. The van der Waals surface area contributed by atoms with Crippen LogP contribution in [0, 0.1) is 0 Å². The standard InChI is InChI=1S/C10H11ClO5S/c1-6(12)5-17(15,16)9-4-7(10(13)14)2-3-8(9)11/h2-4,6,12H,5H2,1H3,(H,13,14). The van der Waals surface area contributed by atoms with Gasteiger partial charge in [0.2, 0.25) is 0 Å². The molecule has 94 valence electrons. The van der Waals surface area contributed by atoms with E-state index in [1.165, 1.54) is 19.1 Å². The molecule has 0 spiro atoms. The van der Waals surface area contributed by atoms with Gasteiger partial charge in [-0.05, 0) is 25.1 Å². The smallest absolute Gasteiger partial charge is 0.335 e. The Morgan fingerprint density at radius 3 is 2.53 bits per heavy atom. The third kappa shape index (κ3) is 3.42. The van der Waals surface area contributed by atoms with Crippen LogP contribution >= 0.6 is 11.6 Å². The molecule has 1 unspecified atom stereocenters. The molecule has 0 aliphatic heterocycles. The number of carbonyl (C=O) groups is 1. The summed E-state index contributed by atoms with van der Waals surface area (Å²) in [4.78, 5) is 10.4. The van der Waals surface area contributed by atoms with Gasteiger partial charge in [-0.25, -0.2) is 13.2 Å². The molecule has 0 bridgehead atoms. The molecule has 0 saturated carbocycles. The van der Waals surface area contributed by atoms with Crippen molar-refractivity contribution in [1.29, 1.82) is 0 Å². The van der Waals surface area contributed by atoms with E-state index < -0.39 is 27.7 Å². The Labute approximate surface area is 104 Å². The summed E-state index contributed by atoms with van der Waals surface area (Å²) < 4.78 is 23.6. The van der Waals surface area contributed by atoms with E-state index in [1.807, 2.05) is 0 Å². The number of hydrogen-bond donors (Lipinski definition) is 2. The number of halogens is 1. The van der Waals surface area contributed by atoms with Gasteiger partial charge >= 0.3 is 5.97 Å². The van der Waals surface area contributed by atoms with Gasteiger partial charge in [-0.3, -0.25) is 0 Å². The van der Waals surface area contributed by atoms with Gasteiger partial charge < -0.3 is 10.2 Å². The van der Waals surface area contributed by atoms with Gasteiger partial charge in [-0.1, -0.05) is 11.6 Å². The summed E-state index contributed by atoms with van der Waals surface area (Å²) in [5, 5.41) is 17.8. The minimum atomic E-state index is -3.79. The second kappa shape index (κ2) is 5.03. The van der Waals surface area contributed by atoms with Gasteiger partial charge in [0.15, 0.2) is 9.84 Å². The Kier molecular flexibility index (Phi) is 4.13. The maximum Gasteiger partial charge on any atom is 0.335 e. The highest BCUT2D eigenvalue weighted by Crippen LogP contribution is 2.24. The largest absolute Gasteiger partial charge is 0.478 e. The Morgan fingerprint density at radius 2 is 2.06 bits per heavy atom. The van der Waals surface area contributed by atoms with Gasteiger partial charge in [-0.15, -0.1) is 0 Å². The number of carboxylic acids is 1. The minimum absolute atomic E-state index is 0.0596. The van der Waals surface area contributed by atoms with Crippen LogP contribution in [0.4, 0.5) is 0 Å². The molecular weight excluding hydrogens is 268 g/mol. The molecule has 5 nitrogen and oxygen atoms in total. The van der Waals surface area contributed by atoms with E-state index in [9.17, 15) is 13.2 Å². The molecule has 0 aromatic heterocycles. The topological polar surface area (TPSA) is 91.7 Å². The van der Waals surface area contributed by atoms with Crippen LogP contribution in [-0.2, 0) is 9.84 Å². The number of aromatic carboxylic acids is 1. The summed E-state index contributed by atoms with van der Waals surface area (Å²) in [6.45, 7) is 1.33. The number of hydrogen-bond acceptors (Lipinski definition) is 4. The fourth-order valence-corrected chi connectivity index (χ4v) is 3.24. The molecule has 1 aromatic rings. The average molecular weight is 279 g/mol. The molecule has 17 heavy (non-hydrogen) atoms. The zero-order valence-electron chi connectivity index (χ0n) is 8.92. The van der Waals surface area contributed by atoms with Crippen molar-refractivity contribution >= 4 is 27.4 Å². The first-order chi connectivity index (χ1) is 7.74. The Balaban J connectivity index is 3.30. The van der Waals surface area contributed by atoms with E-state index in [4.69, 9.17) is 21.8 Å². The number of aliphatic hydroxyl groups is 1. The lowest BCUT2D eigenvalue weighted by Gasteiger charge is -2.09. The van der Waals surface area contributed by atoms with Crippen molar-refractivity contribution in [2.45, 2.75) is 17.9 Å². The van der Waals surface area contributed by atoms with Crippen molar-refractivity contribution in [1.82, 2.24) is 0 Å². The van der Waals surface area contributed by atoms with Gasteiger partial charge in [0.05, 0.1) is 27.3 Å². The van der Waals surface area contributed by atoms with Crippen LogP contribution in [0.3, 0.4) is 0 Å². The van der Waals surface area contributed by atoms with Crippen molar-refractivity contribution < 1.29 is 23.4 Å². The SMILES string of the molecule is CC(O)CS(=O)(=O)c1cc(C(=O)O)ccc1Cl. The Bertz CT molecular complexity index is 536. The summed E-state index contributed by atoms with van der Waals surface area (Å²) in [6.07, 6.45) is -1.05. The van der Waals surface area contributed by atoms with E-state index in [1.54, 1.807) is 0 Å². The van der Waals surface area contributed by atoms with E-state index in [0.717, 1.165) is 6.07 Å². The van der Waals surface area contributed by atoms with E-state index >= 15 is 0 Å². The summed E-state index contributed by atoms with van der Waals surface area (Å²) in [5.74, 6) is -1.74. The molecule has 0 amide bonds. The molecule has 7 heteroatoms. The molecule has 0 heterocycles. The predicted molar refractivity (Wildman–Crippen MR) is 62.1 cm³/mol. The molecule has 1 atom stereocenters. The first-order valence-electron chi connectivity index (χ1n) is 4.67. The second-order valence-corrected chi connectivity index (χ2v) is 5.99. The zero-order chi connectivity index (χ0) is 13.2. The number of rotatable bonds is 4. The van der Waals surface area contributed by atoms with Crippen LogP contribution < -0.4 is 0 Å². The van der Waals surface area contributed by atoms with Crippen LogP contribution in [0.25, 0.3) is 0 Å². The van der Waals surface area contributed by atoms with Crippen LogP contribution in [-0.4, -0.2) is 36.5 Å². The molecule has 1 aromatic carbocycles. The fourth-order valence-electron chi connectivity index (χ4n) is 1.28. The predicted octanol–water partition coefficient (Wildman–Crippen LogP) is 1.19. The highest BCUT2D eigenvalue weighted by Gasteiger charge is 2.21. The average Bonchev–Trinajstić information content (AvgIpc) is 2.15. The Morgan fingerprint density at radius 1 is 1.47 bits per heavy atom. The first-order valence-corrected chi connectivity index (χ1v) is 6.70. The zero-order valence-corrected chi connectivity index (χ0v) is 10.5. The number of sulfone groups is 1. The summed E-state index contributed by atoms with van der Waals surface area (Å²) in [5.41, 5.74) is -0.168. The van der Waals surface area contributed by atoms with Crippen molar-refractivity contribution in [3.63, 3.8) is 0 Å². The molecular formula is C10H11ClO5S. The molecule has 2 N–H and O–H groups in total. The molecule has 0 aliphatic rings. The van der Waals surface area contributed by atoms with Crippen LogP contribution in [0.15, 0.2) is 23.1 Å². The van der Waals surface area contributed by atoms with Crippen LogP contribution in [0.1, 0.15) is 17.3 Å². The van der Waals surface area contributed by atoms with E-state index in [-0.39, 0.29) is 15.5 Å². The van der Waals surface area contributed by atoms with Crippen molar-refractivity contribution in [2.24, 2.45) is 0 Å². The van der Waals surface area contributed by atoms with Crippen molar-refractivity contribution in [2.75, 3.05) is 5.75 Å². The van der Waals surface area contributed by atoms with Gasteiger partial charge in [-0.2, -0.15) is 0 Å². The van der Waals surface area contributed by atoms with Gasteiger partial charge in [0.25, 0.3) is 0 Å². The van der Waals surface area contributed by atoms with E-state index in [2.05, 4.69) is 0 Å². The minimum Gasteiger partial charge on any atom is -0.478 e. The van der Waals surface area contributed by atoms with Crippen LogP contribution in [0.5, 0.6) is 0 Å². The van der Waals surface area contributed by atoms with Crippen molar-refractivity contribution in [3.8, 4) is 0 Å².